The molecule has 2 aromatic carbocycles. The summed E-state index contributed by atoms with van der Waals surface area (Å²) in [6.07, 6.45) is 2.16. The third-order valence-corrected chi connectivity index (χ3v) is 4.44. The van der Waals surface area contributed by atoms with Crippen LogP contribution in [0.2, 0.25) is 0 Å². The van der Waals surface area contributed by atoms with Crippen LogP contribution in [0.25, 0.3) is 22.3 Å². The average molecular weight is 344 g/mol. The summed E-state index contributed by atoms with van der Waals surface area (Å²) >= 11 is 0. The first-order valence-electron chi connectivity index (χ1n) is 8.66. The number of aromatic amines is 1. The van der Waals surface area contributed by atoms with Crippen molar-refractivity contribution in [2.24, 2.45) is 0 Å². The third-order valence-electron chi connectivity index (χ3n) is 4.44. The van der Waals surface area contributed by atoms with Crippen molar-refractivity contribution in [3.05, 3.63) is 78.6 Å². The molecule has 2 heterocycles. The third kappa shape index (κ3) is 3.30. The molecule has 4 rings (SSSR count). The highest BCUT2D eigenvalue weighted by Gasteiger charge is 2.15. The Morgan fingerprint density at radius 2 is 1.69 bits per heavy atom. The van der Waals surface area contributed by atoms with Gasteiger partial charge in [-0.05, 0) is 23.6 Å². The van der Waals surface area contributed by atoms with E-state index in [0.717, 1.165) is 33.7 Å². The van der Waals surface area contributed by atoms with E-state index in [2.05, 4.69) is 50.6 Å². The van der Waals surface area contributed by atoms with Crippen LogP contribution in [0.5, 0.6) is 0 Å². The zero-order valence-electron chi connectivity index (χ0n) is 14.3. The van der Waals surface area contributed by atoms with Gasteiger partial charge >= 0.3 is 0 Å². The van der Waals surface area contributed by atoms with Gasteiger partial charge in [-0.15, -0.1) is 0 Å². The number of nitrogens with one attached hydrogen (secondary N) is 2. The molecule has 0 bridgehead atoms. The molecule has 4 aromatic rings. The predicted molar refractivity (Wildman–Crippen MR) is 104 cm³/mol. The Hall–Kier alpha value is -3.18. The van der Waals surface area contributed by atoms with Gasteiger partial charge in [0.1, 0.15) is 17.8 Å². The highest BCUT2D eigenvalue weighted by atomic mass is 16.3. The number of benzene rings is 2. The quantitative estimate of drug-likeness (QED) is 0.491. The summed E-state index contributed by atoms with van der Waals surface area (Å²) in [7, 11) is 0. The van der Waals surface area contributed by atoms with E-state index in [0.29, 0.717) is 6.42 Å². The number of anilines is 1. The zero-order chi connectivity index (χ0) is 17.8. The van der Waals surface area contributed by atoms with Gasteiger partial charge < -0.3 is 15.4 Å². The Labute approximate surface area is 151 Å². The Bertz CT molecular complexity index is 983. The lowest BCUT2D eigenvalue weighted by Crippen LogP contribution is -2.13. The maximum Gasteiger partial charge on any atom is 0.143 e. The fraction of sp³-hybridized carbons (Fsp3) is 0.143. The van der Waals surface area contributed by atoms with Crippen LogP contribution < -0.4 is 5.32 Å². The average Bonchev–Trinajstić information content (AvgIpc) is 3.14. The molecule has 0 radical (unpaired) electrons. The second-order valence-electron chi connectivity index (χ2n) is 6.15. The number of aliphatic hydroxyl groups is 1. The van der Waals surface area contributed by atoms with Crippen LogP contribution in [-0.4, -0.2) is 26.7 Å². The Morgan fingerprint density at radius 3 is 2.42 bits per heavy atom. The lowest BCUT2D eigenvalue weighted by Gasteiger charge is -2.19. The zero-order valence-corrected chi connectivity index (χ0v) is 14.3. The van der Waals surface area contributed by atoms with Crippen molar-refractivity contribution in [3.8, 4) is 11.3 Å². The van der Waals surface area contributed by atoms with Crippen molar-refractivity contribution in [1.29, 1.82) is 0 Å². The van der Waals surface area contributed by atoms with Gasteiger partial charge in [0.2, 0.25) is 0 Å². The fourth-order valence-corrected chi connectivity index (χ4v) is 3.13. The van der Waals surface area contributed by atoms with Gasteiger partial charge in [-0.2, -0.15) is 0 Å². The summed E-state index contributed by atoms with van der Waals surface area (Å²) in [6.45, 7) is 0.100. The molecule has 2 aromatic heterocycles. The minimum Gasteiger partial charge on any atom is -0.396 e. The van der Waals surface area contributed by atoms with E-state index in [9.17, 15) is 5.11 Å². The minimum atomic E-state index is -0.0191. The van der Waals surface area contributed by atoms with Gasteiger partial charge in [0.25, 0.3) is 0 Å². The highest BCUT2D eigenvalue weighted by Crippen LogP contribution is 2.29. The van der Waals surface area contributed by atoms with E-state index in [1.807, 2.05) is 36.4 Å². The molecule has 0 spiro atoms. The standard InChI is InChI=1S/C21H20N4O/c26-12-11-18(15-7-3-1-4-8-15)24-20-17-13-19(16-9-5-2-6-10-16)25-21(17)23-14-22-20/h1-10,13-14,18,26H,11-12H2,(H2,22,23,24,25)/t18-/m1/s1. The summed E-state index contributed by atoms with van der Waals surface area (Å²) in [6, 6.07) is 22.3. The van der Waals surface area contributed by atoms with Crippen LogP contribution in [0.15, 0.2) is 73.1 Å². The summed E-state index contributed by atoms with van der Waals surface area (Å²) in [4.78, 5) is 12.2. The molecule has 0 amide bonds. The maximum atomic E-state index is 9.46. The maximum absolute atomic E-state index is 9.46. The van der Waals surface area contributed by atoms with E-state index < -0.39 is 0 Å². The van der Waals surface area contributed by atoms with Crippen LogP contribution in [0.4, 0.5) is 5.82 Å². The number of H-pyrrole nitrogens is 1. The molecule has 0 aliphatic rings. The van der Waals surface area contributed by atoms with Gasteiger partial charge in [0.05, 0.1) is 11.4 Å². The number of hydrogen-bond acceptors (Lipinski definition) is 4. The predicted octanol–water partition coefficient (Wildman–Crippen LogP) is 4.16. The number of hydrogen-bond donors (Lipinski definition) is 3. The molecule has 5 nitrogen and oxygen atoms in total. The smallest absolute Gasteiger partial charge is 0.143 e. The first kappa shape index (κ1) is 16.3. The van der Waals surface area contributed by atoms with Crippen LogP contribution in [-0.2, 0) is 0 Å². The molecule has 5 heteroatoms. The summed E-state index contributed by atoms with van der Waals surface area (Å²) in [5.41, 5.74) is 4.01. The monoisotopic (exact) mass is 344 g/mol. The summed E-state index contributed by atoms with van der Waals surface area (Å²) < 4.78 is 0. The number of fused-ring (bicyclic) bond motifs is 1. The minimum absolute atomic E-state index is 0.0191. The van der Waals surface area contributed by atoms with Crippen molar-refractivity contribution in [2.75, 3.05) is 11.9 Å². The molecule has 0 fully saturated rings. The van der Waals surface area contributed by atoms with Gasteiger partial charge in [-0.3, -0.25) is 0 Å². The second-order valence-corrected chi connectivity index (χ2v) is 6.15. The molecule has 0 unspecified atom stereocenters. The van der Waals surface area contributed by atoms with Crippen molar-refractivity contribution in [1.82, 2.24) is 15.0 Å². The van der Waals surface area contributed by atoms with Gasteiger partial charge in [-0.25, -0.2) is 9.97 Å². The van der Waals surface area contributed by atoms with Crippen LogP contribution in [0.3, 0.4) is 0 Å². The molecule has 0 aliphatic carbocycles. The van der Waals surface area contributed by atoms with Crippen molar-refractivity contribution in [3.63, 3.8) is 0 Å². The fourth-order valence-electron chi connectivity index (χ4n) is 3.13. The van der Waals surface area contributed by atoms with E-state index >= 15 is 0 Å². The number of aromatic nitrogens is 3. The van der Waals surface area contributed by atoms with Crippen molar-refractivity contribution in [2.45, 2.75) is 12.5 Å². The molecule has 130 valence electrons. The van der Waals surface area contributed by atoms with Gasteiger partial charge in [-0.1, -0.05) is 60.7 Å². The number of rotatable bonds is 6. The Kier molecular flexibility index (Phi) is 4.62. The van der Waals surface area contributed by atoms with E-state index in [1.54, 1.807) is 6.33 Å². The van der Waals surface area contributed by atoms with E-state index in [1.165, 1.54) is 0 Å². The van der Waals surface area contributed by atoms with Gasteiger partial charge in [0, 0.05) is 12.3 Å². The first-order valence-corrected chi connectivity index (χ1v) is 8.66. The molecular formula is C21H20N4O. The lowest BCUT2D eigenvalue weighted by molar-refractivity contribution is 0.280. The molecule has 0 saturated heterocycles. The number of aliphatic hydroxyl groups excluding tert-OH is 1. The van der Waals surface area contributed by atoms with Crippen molar-refractivity contribution >= 4 is 16.9 Å². The molecule has 26 heavy (non-hydrogen) atoms. The summed E-state index contributed by atoms with van der Waals surface area (Å²) in [5, 5.41) is 13.9. The van der Waals surface area contributed by atoms with Crippen LogP contribution in [0.1, 0.15) is 18.0 Å². The summed E-state index contributed by atoms with van der Waals surface area (Å²) in [5.74, 6) is 0.760. The second kappa shape index (κ2) is 7.37. The molecular weight excluding hydrogens is 324 g/mol. The first-order chi connectivity index (χ1) is 12.8. The normalized spacial score (nSPS) is 12.2. The SMILES string of the molecule is OCC[C@@H](Nc1ncnc2[nH]c(-c3ccccc3)cc12)c1ccccc1. The highest BCUT2D eigenvalue weighted by molar-refractivity contribution is 5.91. The van der Waals surface area contributed by atoms with Crippen molar-refractivity contribution < 1.29 is 5.11 Å². The van der Waals surface area contributed by atoms with Gasteiger partial charge in [0.15, 0.2) is 0 Å². The van der Waals surface area contributed by atoms with E-state index in [4.69, 9.17) is 0 Å². The molecule has 0 aliphatic heterocycles. The van der Waals surface area contributed by atoms with Crippen LogP contribution >= 0.6 is 0 Å². The number of nitrogens with zero attached hydrogens (tertiary/aromatic N) is 2. The van der Waals surface area contributed by atoms with Crippen LogP contribution in [0, 0.1) is 0 Å². The Balaban J connectivity index is 1.70. The Morgan fingerprint density at radius 1 is 0.962 bits per heavy atom. The molecule has 0 saturated carbocycles. The molecule has 3 N–H and O–H groups in total. The lowest BCUT2D eigenvalue weighted by atomic mass is 10.0. The topological polar surface area (TPSA) is 73.8 Å². The van der Waals surface area contributed by atoms with E-state index in [-0.39, 0.29) is 12.6 Å². The largest absolute Gasteiger partial charge is 0.396 e. The molecule has 1 atom stereocenters.